The van der Waals surface area contributed by atoms with Crippen molar-refractivity contribution in [2.75, 3.05) is 43.0 Å². The van der Waals surface area contributed by atoms with E-state index in [1.54, 1.807) is 36.4 Å². The Balaban J connectivity index is 1.64. The van der Waals surface area contributed by atoms with E-state index in [-0.39, 0.29) is 70.2 Å². The van der Waals surface area contributed by atoms with Crippen LogP contribution in [0, 0.1) is 12.7 Å². The molecule has 11 nitrogen and oxygen atoms in total. The molecule has 0 spiro atoms. The number of hydrogen-bond acceptors (Lipinski definition) is 8. The molecule has 13 heteroatoms. The number of fused-ring (bicyclic) bond motifs is 5. The summed E-state index contributed by atoms with van der Waals surface area (Å²) >= 11 is 6.88. The highest BCUT2D eigenvalue weighted by Crippen LogP contribution is 2.45. The third-order valence-electron chi connectivity index (χ3n) is 9.24. The number of nitrogens with one attached hydrogen (secondary N) is 1. The third kappa shape index (κ3) is 5.72. The zero-order chi connectivity index (χ0) is 35.3. The monoisotopic (exact) mass is 687 g/mol. The van der Waals surface area contributed by atoms with Crippen LogP contribution in [0.5, 0.6) is 5.75 Å². The van der Waals surface area contributed by atoms with Crippen LogP contribution in [0.25, 0.3) is 28.0 Å². The number of phenols is 1. The van der Waals surface area contributed by atoms with Crippen LogP contribution >= 0.6 is 11.6 Å². The number of aromatic nitrogens is 3. The smallest absolute Gasteiger partial charge is 0.283 e. The van der Waals surface area contributed by atoms with Crippen LogP contribution in [0.15, 0.2) is 53.5 Å². The number of likely N-dealkylation sites (N-methyl/N-ethyl adjacent to an activating group) is 2. The number of aromatic hydroxyl groups is 1. The number of aryl methyl sites for hydroxylation is 1. The maximum Gasteiger partial charge on any atom is 0.283 e. The van der Waals surface area contributed by atoms with Gasteiger partial charge in [-0.15, -0.1) is 0 Å². The second-order valence-electron chi connectivity index (χ2n) is 12.8. The molecular weight excluding hydrogens is 649 g/mol. The van der Waals surface area contributed by atoms with Gasteiger partial charge >= 0.3 is 0 Å². The molecule has 4 aromatic rings. The molecule has 1 fully saturated rings. The van der Waals surface area contributed by atoms with Crippen LogP contribution in [0.1, 0.15) is 44.9 Å². The number of nitrogens with zero attached hydrogens (tertiary/aromatic N) is 6. The van der Waals surface area contributed by atoms with Crippen LogP contribution in [0.4, 0.5) is 15.8 Å². The SMILES string of the molecule is CCNC/C=C/C(=O)N1C[C@@H]2C(=O)N(C)c3c(c4cc(Cl)c(-c5c(O)cccc5F)nc4n(-c4c(C)ccnc4C(C)C)c3=O)N2C[C@H]1C. The molecule has 0 aliphatic carbocycles. The summed E-state index contributed by atoms with van der Waals surface area (Å²) in [6, 6.07) is 6.19. The second-order valence-corrected chi connectivity index (χ2v) is 13.2. The molecule has 0 radical (unpaired) electrons. The maximum atomic E-state index is 15.3. The fourth-order valence-corrected chi connectivity index (χ4v) is 7.07. The van der Waals surface area contributed by atoms with Gasteiger partial charge in [0.15, 0.2) is 5.65 Å². The summed E-state index contributed by atoms with van der Waals surface area (Å²) in [4.78, 5) is 56.6. The first-order chi connectivity index (χ1) is 23.4. The van der Waals surface area contributed by atoms with Crippen molar-refractivity contribution in [3.8, 4) is 22.7 Å². The number of pyridine rings is 3. The molecular formula is C36H39ClFN7O4. The summed E-state index contributed by atoms with van der Waals surface area (Å²) < 4.78 is 16.7. The van der Waals surface area contributed by atoms with Crippen LogP contribution < -0.4 is 20.7 Å². The van der Waals surface area contributed by atoms with Crippen molar-refractivity contribution in [3.63, 3.8) is 0 Å². The Morgan fingerprint density at radius 1 is 1.18 bits per heavy atom. The molecule has 2 aliphatic rings. The number of halogens is 2. The Morgan fingerprint density at radius 2 is 1.94 bits per heavy atom. The summed E-state index contributed by atoms with van der Waals surface area (Å²) in [5.74, 6) is -1.74. The molecule has 5 heterocycles. The lowest BCUT2D eigenvalue weighted by atomic mass is 9.98. The molecule has 2 amide bonds. The molecule has 0 saturated carbocycles. The number of carbonyl (C=O) groups excluding carboxylic acids is 2. The first kappa shape index (κ1) is 34.1. The molecule has 0 unspecified atom stereocenters. The molecule has 3 aromatic heterocycles. The fraction of sp³-hybridized carbons (Fsp3) is 0.361. The quantitative estimate of drug-likeness (QED) is 0.207. The predicted molar refractivity (Wildman–Crippen MR) is 189 cm³/mol. The molecule has 6 rings (SSSR count). The predicted octanol–water partition coefficient (Wildman–Crippen LogP) is 4.93. The normalized spacial score (nSPS) is 17.7. The van der Waals surface area contributed by atoms with E-state index >= 15 is 4.39 Å². The van der Waals surface area contributed by atoms with Gasteiger partial charge in [-0.25, -0.2) is 9.37 Å². The van der Waals surface area contributed by atoms with E-state index in [0.29, 0.717) is 29.0 Å². The summed E-state index contributed by atoms with van der Waals surface area (Å²) in [6.45, 7) is 11.3. The van der Waals surface area contributed by atoms with Crippen molar-refractivity contribution < 1.29 is 19.1 Å². The number of benzene rings is 1. The molecule has 2 aliphatic heterocycles. The average Bonchev–Trinajstić information content (AvgIpc) is 3.05. The number of anilines is 2. The van der Waals surface area contributed by atoms with Crippen LogP contribution in [-0.2, 0) is 9.59 Å². The number of amides is 2. The zero-order valence-electron chi connectivity index (χ0n) is 28.3. The lowest BCUT2D eigenvalue weighted by molar-refractivity contribution is -0.130. The van der Waals surface area contributed by atoms with E-state index in [4.69, 9.17) is 16.6 Å². The van der Waals surface area contributed by atoms with Gasteiger partial charge in [0.25, 0.3) is 11.5 Å². The van der Waals surface area contributed by atoms with Gasteiger partial charge in [-0.05, 0) is 56.1 Å². The van der Waals surface area contributed by atoms with Gasteiger partial charge in [-0.3, -0.25) is 23.9 Å². The Kier molecular flexibility index (Phi) is 9.21. The number of piperazine rings is 1. The van der Waals surface area contributed by atoms with E-state index in [0.717, 1.165) is 12.1 Å². The van der Waals surface area contributed by atoms with Gasteiger partial charge in [0.2, 0.25) is 5.91 Å². The third-order valence-corrected chi connectivity index (χ3v) is 9.53. The topological polar surface area (TPSA) is 124 Å². The largest absolute Gasteiger partial charge is 0.507 e. The van der Waals surface area contributed by atoms with Gasteiger partial charge in [0.05, 0.1) is 39.9 Å². The average molecular weight is 688 g/mol. The minimum Gasteiger partial charge on any atom is -0.507 e. The highest BCUT2D eigenvalue weighted by atomic mass is 35.5. The molecule has 49 heavy (non-hydrogen) atoms. The minimum absolute atomic E-state index is 0.0380. The standard InChI is InChI=1S/C36H39ClFN7O4/c1-7-39-14-9-12-27(47)43-18-25-35(48)42(6)33-32(44(25)17-21(43)5)22-16-23(37)30(28-24(38)10-8-11-26(28)46)41-34(22)45(36(33)49)31-20(4)13-15-40-29(31)19(2)3/h8-13,15-16,19,21,25,39,46H,7,14,17-18H2,1-6H3/b12-9+/t21-,25-/m1/s1. The van der Waals surface area contributed by atoms with Crippen molar-refractivity contribution in [3.05, 3.63) is 81.1 Å². The van der Waals surface area contributed by atoms with Gasteiger partial charge in [0, 0.05) is 43.8 Å². The summed E-state index contributed by atoms with van der Waals surface area (Å²) in [7, 11) is 1.55. The zero-order valence-corrected chi connectivity index (χ0v) is 29.0. The second kappa shape index (κ2) is 13.2. The highest BCUT2D eigenvalue weighted by Gasteiger charge is 2.46. The first-order valence-corrected chi connectivity index (χ1v) is 16.7. The first-order valence-electron chi connectivity index (χ1n) is 16.3. The maximum absolute atomic E-state index is 15.3. The van der Waals surface area contributed by atoms with Gasteiger partial charge < -0.3 is 25.1 Å². The number of rotatable bonds is 7. The van der Waals surface area contributed by atoms with Crippen LogP contribution in [0.2, 0.25) is 5.02 Å². The van der Waals surface area contributed by atoms with Crippen molar-refractivity contribution in [2.24, 2.45) is 0 Å². The Bertz CT molecular complexity index is 2060. The summed E-state index contributed by atoms with van der Waals surface area (Å²) in [6.07, 6.45) is 4.94. The Hall–Kier alpha value is -4.81. The van der Waals surface area contributed by atoms with Crippen LogP contribution in [0.3, 0.4) is 0 Å². The summed E-state index contributed by atoms with van der Waals surface area (Å²) in [5, 5.41) is 14.4. The van der Waals surface area contributed by atoms with E-state index in [1.807, 2.05) is 39.5 Å². The number of phenolic OH excluding ortho intramolecular Hbond substituents is 1. The van der Waals surface area contributed by atoms with E-state index < -0.39 is 17.4 Å². The Morgan fingerprint density at radius 3 is 2.63 bits per heavy atom. The molecule has 2 N–H and O–H groups in total. The summed E-state index contributed by atoms with van der Waals surface area (Å²) in [5.41, 5.74) is 1.81. The highest BCUT2D eigenvalue weighted by molar-refractivity contribution is 6.34. The number of carbonyl (C=O) groups is 2. The van der Waals surface area contributed by atoms with Crippen molar-refractivity contribution in [1.29, 1.82) is 0 Å². The molecule has 2 atom stereocenters. The van der Waals surface area contributed by atoms with Crippen molar-refractivity contribution in [1.82, 2.24) is 24.8 Å². The lowest BCUT2D eigenvalue weighted by Gasteiger charge is -2.49. The van der Waals surface area contributed by atoms with E-state index in [1.165, 1.54) is 33.7 Å². The van der Waals surface area contributed by atoms with Gasteiger partial charge in [-0.2, -0.15) is 0 Å². The van der Waals surface area contributed by atoms with Crippen molar-refractivity contribution in [2.45, 2.75) is 52.6 Å². The van der Waals surface area contributed by atoms with Gasteiger partial charge in [-0.1, -0.05) is 44.5 Å². The van der Waals surface area contributed by atoms with Gasteiger partial charge in [0.1, 0.15) is 23.3 Å². The molecule has 1 saturated heterocycles. The van der Waals surface area contributed by atoms with E-state index in [2.05, 4.69) is 10.3 Å². The molecule has 256 valence electrons. The lowest BCUT2D eigenvalue weighted by Crippen LogP contribution is -2.66. The molecule has 0 bridgehead atoms. The van der Waals surface area contributed by atoms with E-state index in [9.17, 15) is 19.5 Å². The molecule has 1 aromatic carbocycles. The number of hydrogen-bond donors (Lipinski definition) is 2. The van der Waals surface area contributed by atoms with Crippen molar-refractivity contribution >= 4 is 45.8 Å². The minimum atomic E-state index is -0.793. The van der Waals surface area contributed by atoms with Crippen LogP contribution in [-0.4, -0.2) is 81.7 Å². The Labute approximate surface area is 288 Å². The fourth-order valence-electron chi connectivity index (χ4n) is 6.82.